The summed E-state index contributed by atoms with van der Waals surface area (Å²) in [5, 5.41) is -1.000. The summed E-state index contributed by atoms with van der Waals surface area (Å²) in [6.07, 6.45) is -9.56. The molecule has 0 spiro atoms. The van der Waals surface area contributed by atoms with Crippen LogP contribution >= 0.6 is 34.5 Å². The molecule has 0 unspecified atom stereocenters. The summed E-state index contributed by atoms with van der Waals surface area (Å²) in [6.45, 7) is 0. The Labute approximate surface area is 139 Å². The number of benzene rings is 2. The molecule has 0 amide bonds. The molecule has 3 aromatic rings. The van der Waals surface area contributed by atoms with Crippen LogP contribution in [0.1, 0.15) is 11.1 Å². The lowest BCUT2D eigenvalue weighted by atomic mass is 10.1. The van der Waals surface area contributed by atoms with Crippen molar-refractivity contribution in [1.29, 1.82) is 0 Å². The number of alkyl halides is 6. The maximum absolute atomic E-state index is 13.2. The van der Waals surface area contributed by atoms with E-state index in [9.17, 15) is 26.3 Å². The molecule has 23 heavy (non-hydrogen) atoms. The second-order valence-electron chi connectivity index (χ2n) is 4.70. The van der Waals surface area contributed by atoms with Crippen LogP contribution in [0.5, 0.6) is 0 Å². The van der Waals surface area contributed by atoms with E-state index in [0.717, 1.165) is 12.1 Å². The first-order chi connectivity index (χ1) is 10.5. The summed E-state index contributed by atoms with van der Waals surface area (Å²) in [7, 11) is 0. The van der Waals surface area contributed by atoms with Crippen LogP contribution in [-0.2, 0) is 12.4 Å². The lowest BCUT2D eigenvalue weighted by molar-refractivity contribution is -0.136. The molecule has 0 atom stereocenters. The second kappa shape index (κ2) is 5.16. The van der Waals surface area contributed by atoms with Crippen LogP contribution in [-0.4, -0.2) is 0 Å². The van der Waals surface area contributed by atoms with E-state index in [0.29, 0.717) is 11.3 Å². The zero-order valence-electron chi connectivity index (χ0n) is 10.7. The van der Waals surface area contributed by atoms with E-state index in [1.54, 1.807) is 0 Å². The molecular weight excluding hydrogens is 385 g/mol. The molecule has 0 saturated carbocycles. The van der Waals surface area contributed by atoms with Crippen molar-refractivity contribution in [3.63, 3.8) is 0 Å². The molecule has 1 heterocycles. The van der Waals surface area contributed by atoms with E-state index in [-0.39, 0.29) is 20.2 Å². The summed E-state index contributed by atoms with van der Waals surface area (Å²) in [5.74, 6) is 0. The molecule has 122 valence electrons. The van der Waals surface area contributed by atoms with E-state index in [4.69, 9.17) is 23.2 Å². The van der Waals surface area contributed by atoms with Crippen LogP contribution in [0.15, 0.2) is 24.3 Å². The fourth-order valence-corrected chi connectivity index (χ4v) is 4.46. The van der Waals surface area contributed by atoms with Gasteiger partial charge < -0.3 is 0 Å². The average Bonchev–Trinajstić information content (AvgIpc) is 2.72. The SMILES string of the molecule is FC(F)(F)c1c(Cl)ccc2c1sc1c(C(F)(F)F)c(Cl)ccc12. The molecule has 0 nitrogen and oxygen atoms in total. The summed E-state index contributed by atoms with van der Waals surface area (Å²) >= 11 is 11.6. The summed E-state index contributed by atoms with van der Waals surface area (Å²) in [4.78, 5) is 0. The molecule has 0 aliphatic rings. The van der Waals surface area contributed by atoms with E-state index in [1.807, 2.05) is 0 Å². The van der Waals surface area contributed by atoms with Crippen LogP contribution in [0.2, 0.25) is 10.0 Å². The van der Waals surface area contributed by atoms with E-state index in [2.05, 4.69) is 0 Å². The van der Waals surface area contributed by atoms with E-state index < -0.39 is 33.5 Å². The van der Waals surface area contributed by atoms with Crippen molar-refractivity contribution < 1.29 is 26.3 Å². The number of fused-ring (bicyclic) bond motifs is 3. The second-order valence-corrected chi connectivity index (χ2v) is 6.53. The topological polar surface area (TPSA) is 0 Å². The Bertz CT molecular complexity index is 849. The maximum atomic E-state index is 13.2. The average molecular weight is 389 g/mol. The van der Waals surface area contributed by atoms with Crippen LogP contribution < -0.4 is 0 Å². The lowest BCUT2D eigenvalue weighted by Crippen LogP contribution is -2.05. The largest absolute Gasteiger partial charge is 0.419 e. The van der Waals surface area contributed by atoms with Crippen molar-refractivity contribution >= 4 is 54.7 Å². The Hall–Kier alpha value is -1.18. The normalized spacial score (nSPS) is 13.2. The fraction of sp³-hybridized carbons (Fsp3) is 0.143. The zero-order chi connectivity index (χ0) is 17.2. The van der Waals surface area contributed by atoms with Crippen LogP contribution in [0.3, 0.4) is 0 Å². The molecule has 9 heteroatoms. The van der Waals surface area contributed by atoms with Crippen molar-refractivity contribution in [3.05, 3.63) is 45.4 Å². The molecule has 0 N–H and O–H groups in total. The first kappa shape index (κ1) is 16.7. The Balaban J connectivity index is 2.54. The van der Waals surface area contributed by atoms with Gasteiger partial charge in [-0.05, 0) is 12.1 Å². The van der Waals surface area contributed by atoms with Gasteiger partial charge in [0, 0.05) is 20.2 Å². The Morgan fingerprint density at radius 1 is 0.652 bits per heavy atom. The highest BCUT2D eigenvalue weighted by atomic mass is 35.5. The smallest absolute Gasteiger partial charge is 0.166 e. The Morgan fingerprint density at radius 3 is 1.30 bits per heavy atom. The standard InChI is InChI=1S/C14H4Cl2F6S/c15-7-3-1-5-6-2-4-8(16)10(14(20,21)22)12(6)23-11(5)9(7)13(17,18)19/h1-4H. The quantitative estimate of drug-likeness (QED) is 0.352. The van der Waals surface area contributed by atoms with Gasteiger partial charge in [-0.3, -0.25) is 0 Å². The third-order valence-electron chi connectivity index (χ3n) is 3.27. The van der Waals surface area contributed by atoms with Crippen LogP contribution in [0, 0.1) is 0 Å². The fourth-order valence-electron chi connectivity index (χ4n) is 2.38. The highest BCUT2D eigenvalue weighted by molar-refractivity contribution is 7.26. The first-order valence-corrected chi connectivity index (χ1v) is 7.56. The minimum Gasteiger partial charge on any atom is -0.166 e. The van der Waals surface area contributed by atoms with Gasteiger partial charge in [0.1, 0.15) is 0 Å². The molecule has 0 bridgehead atoms. The van der Waals surface area contributed by atoms with Gasteiger partial charge in [0.2, 0.25) is 0 Å². The molecular formula is C14H4Cl2F6S. The van der Waals surface area contributed by atoms with Crippen molar-refractivity contribution in [2.75, 3.05) is 0 Å². The Kier molecular flexibility index (Phi) is 3.74. The highest BCUT2D eigenvalue weighted by Gasteiger charge is 2.39. The summed E-state index contributed by atoms with van der Waals surface area (Å²) in [5.41, 5.74) is -2.27. The molecule has 0 radical (unpaired) electrons. The molecule has 1 aromatic heterocycles. The van der Waals surface area contributed by atoms with Gasteiger partial charge in [0.05, 0.1) is 21.2 Å². The predicted molar refractivity (Wildman–Crippen MR) is 79.4 cm³/mol. The lowest BCUT2D eigenvalue weighted by Gasteiger charge is -2.09. The van der Waals surface area contributed by atoms with Gasteiger partial charge in [0.15, 0.2) is 0 Å². The van der Waals surface area contributed by atoms with Gasteiger partial charge in [-0.25, -0.2) is 0 Å². The predicted octanol–water partition coefficient (Wildman–Crippen LogP) is 7.40. The van der Waals surface area contributed by atoms with Gasteiger partial charge in [0.25, 0.3) is 0 Å². The zero-order valence-corrected chi connectivity index (χ0v) is 13.1. The van der Waals surface area contributed by atoms with Crippen molar-refractivity contribution in [2.24, 2.45) is 0 Å². The van der Waals surface area contributed by atoms with Crippen molar-refractivity contribution in [1.82, 2.24) is 0 Å². The number of halogens is 8. The van der Waals surface area contributed by atoms with Gasteiger partial charge in [-0.15, -0.1) is 11.3 Å². The van der Waals surface area contributed by atoms with Crippen LogP contribution in [0.25, 0.3) is 20.2 Å². The van der Waals surface area contributed by atoms with Crippen molar-refractivity contribution in [2.45, 2.75) is 12.4 Å². The van der Waals surface area contributed by atoms with E-state index in [1.165, 1.54) is 12.1 Å². The third kappa shape index (κ3) is 2.64. The molecule has 2 aromatic carbocycles. The Morgan fingerprint density at radius 2 is 1.00 bits per heavy atom. The number of hydrogen-bond donors (Lipinski definition) is 0. The van der Waals surface area contributed by atoms with Crippen molar-refractivity contribution in [3.8, 4) is 0 Å². The summed E-state index contributed by atoms with van der Waals surface area (Å²) in [6, 6.07) is 4.61. The minimum absolute atomic E-state index is 0.0592. The van der Waals surface area contributed by atoms with Crippen LogP contribution in [0.4, 0.5) is 26.3 Å². The minimum atomic E-state index is -4.78. The maximum Gasteiger partial charge on any atom is 0.419 e. The molecule has 0 aliphatic heterocycles. The molecule has 0 fully saturated rings. The monoisotopic (exact) mass is 388 g/mol. The number of hydrogen-bond acceptors (Lipinski definition) is 1. The highest BCUT2D eigenvalue weighted by Crippen LogP contribution is 2.49. The third-order valence-corrected chi connectivity index (χ3v) is 5.16. The molecule has 0 saturated heterocycles. The molecule has 0 aliphatic carbocycles. The van der Waals surface area contributed by atoms with Gasteiger partial charge in [-0.1, -0.05) is 35.3 Å². The van der Waals surface area contributed by atoms with E-state index >= 15 is 0 Å². The molecule has 3 rings (SSSR count). The van der Waals surface area contributed by atoms with Gasteiger partial charge >= 0.3 is 12.4 Å². The van der Waals surface area contributed by atoms with Gasteiger partial charge in [-0.2, -0.15) is 26.3 Å². The summed E-state index contributed by atoms with van der Waals surface area (Å²) < 4.78 is 78.5. The number of rotatable bonds is 0. The number of thiophene rings is 1. The first-order valence-electron chi connectivity index (χ1n) is 5.99.